The second-order valence-corrected chi connectivity index (χ2v) is 8.58. The van der Waals surface area contributed by atoms with Gasteiger partial charge >= 0.3 is 5.97 Å². The number of carboxylic acid groups (broad SMARTS) is 1. The second-order valence-electron chi connectivity index (χ2n) is 7.19. The number of phenolic OH excluding ortho intramolecular Hbond substituents is 1. The fraction of sp³-hybridized carbons (Fsp3) is 0. The zero-order chi connectivity index (χ0) is 25.2. The molecule has 176 valence electrons. The van der Waals surface area contributed by atoms with Crippen LogP contribution in [0.25, 0.3) is 10.8 Å². The number of fused-ring (bicyclic) bond motifs is 1. The Morgan fingerprint density at radius 1 is 0.714 bits per heavy atom. The second kappa shape index (κ2) is 9.29. The summed E-state index contributed by atoms with van der Waals surface area (Å²) in [5.74, 6) is -1.97. The number of benzene rings is 4. The highest BCUT2D eigenvalue weighted by Crippen LogP contribution is 2.39. The predicted octanol–water partition coefficient (Wildman–Crippen LogP) is 6.03. The third-order valence-corrected chi connectivity index (χ3v) is 5.74. The van der Waals surface area contributed by atoms with Crippen LogP contribution in [0.3, 0.4) is 0 Å². The van der Waals surface area contributed by atoms with Crippen LogP contribution in [0.5, 0.6) is 11.5 Å². The molecule has 35 heavy (non-hydrogen) atoms. The first-order valence-corrected chi connectivity index (χ1v) is 11.3. The Hall–Kier alpha value is -4.68. The zero-order valence-corrected chi connectivity index (χ0v) is 18.5. The Kier molecular flexibility index (Phi) is 6.23. The molecule has 0 aliphatic rings. The molecule has 0 heterocycles. The van der Waals surface area contributed by atoms with Crippen LogP contribution in [0.1, 0.15) is 10.4 Å². The molecular weight excluding hydrogens is 476 g/mol. The number of aromatic hydroxyl groups is 2. The van der Waals surface area contributed by atoms with Crippen molar-refractivity contribution in [3.05, 3.63) is 78.4 Å². The summed E-state index contributed by atoms with van der Waals surface area (Å²) in [5, 5.41) is 45.3. The number of nitrogens with zero attached hydrogens (tertiary/aromatic N) is 4. The Morgan fingerprint density at radius 2 is 1.26 bits per heavy atom. The molecule has 12 heteroatoms. The molecule has 0 aromatic heterocycles. The normalized spacial score (nSPS) is 12.0. The minimum Gasteiger partial charge on any atom is -0.507 e. The van der Waals surface area contributed by atoms with Crippen molar-refractivity contribution < 1.29 is 33.1 Å². The molecule has 11 nitrogen and oxygen atoms in total. The van der Waals surface area contributed by atoms with E-state index in [-0.39, 0.29) is 39.2 Å². The van der Waals surface area contributed by atoms with Crippen molar-refractivity contribution in [2.24, 2.45) is 20.5 Å². The lowest BCUT2D eigenvalue weighted by atomic mass is 10.1. The SMILES string of the molecule is O=C(O)c1cc(N=Nc2ccc(N=Nc3cc(S(=O)(=O)O)c4ccccc4c3O)cc2)ccc1O. The van der Waals surface area contributed by atoms with Gasteiger partial charge in [-0.3, -0.25) is 4.55 Å². The molecule has 0 amide bonds. The Labute approximate surface area is 198 Å². The molecule has 0 bridgehead atoms. The average Bonchev–Trinajstić information content (AvgIpc) is 2.83. The fourth-order valence-corrected chi connectivity index (χ4v) is 3.89. The van der Waals surface area contributed by atoms with Crippen molar-refractivity contribution in [3.63, 3.8) is 0 Å². The van der Waals surface area contributed by atoms with Crippen LogP contribution in [0.4, 0.5) is 22.7 Å². The van der Waals surface area contributed by atoms with Crippen molar-refractivity contribution in [2.75, 3.05) is 0 Å². The Balaban J connectivity index is 1.59. The first-order valence-electron chi connectivity index (χ1n) is 9.85. The molecule has 4 N–H and O–H groups in total. The van der Waals surface area contributed by atoms with E-state index in [0.717, 1.165) is 6.07 Å². The fourth-order valence-electron chi connectivity index (χ4n) is 3.17. The summed E-state index contributed by atoms with van der Waals surface area (Å²) in [7, 11) is -4.58. The molecule has 0 aliphatic carbocycles. The molecule has 4 rings (SSSR count). The summed E-state index contributed by atoms with van der Waals surface area (Å²) in [5.41, 5.74) is 0.539. The zero-order valence-electron chi connectivity index (χ0n) is 17.6. The number of rotatable bonds is 6. The van der Waals surface area contributed by atoms with Gasteiger partial charge in [0.25, 0.3) is 10.1 Å². The first-order chi connectivity index (χ1) is 16.6. The van der Waals surface area contributed by atoms with Crippen LogP contribution in [-0.4, -0.2) is 34.3 Å². The van der Waals surface area contributed by atoms with Crippen LogP contribution in [0, 0.1) is 0 Å². The molecule has 0 unspecified atom stereocenters. The number of aromatic carboxylic acids is 1. The molecular formula is C23H16N4O7S. The van der Waals surface area contributed by atoms with E-state index in [9.17, 15) is 28.0 Å². The maximum Gasteiger partial charge on any atom is 0.339 e. The molecule has 0 saturated carbocycles. The highest BCUT2D eigenvalue weighted by molar-refractivity contribution is 7.86. The number of carbonyl (C=O) groups is 1. The molecule has 0 radical (unpaired) electrons. The third-order valence-electron chi connectivity index (χ3n) is 4.85. The lowest BCUT2D eigenvalue weighted by Crippen LogP contribution is -1.99. The maximum absolute atomic E-state index is 11.8. The number of carboxylic acids is 1. The highest BCUT2D eigenvalue weighted by atomic mass is 32.2. The minimum atomic E-state index is -4.58. The molecule has 0 saturated heterocycles. The lowest BCUT2D eigenvalue weighted by Gasteiger charge is -2.08. The molecule has 0 aliphatic heterocycles. The quantitative estimate of drug-likeness (QED) is 0.187. The largest absolute Gasteiger partial charge is 0.507 e. The summed E-state index contributed by atoms with van der Waals surface area (Å²) < 4.78 is 33.2. The van der Waals surface area contributed by atoms with Crippen molar-refractivity contribution >= 4 is 49.6 Å². The van der Waals surface area contributed by atoms with E-state index in [1.165, 1.54) is 30.3 Å². The summed E-state index contributed by atoms with van der Waals surface area (Å²) in [6, 6.07) is 17.1. The van der Waals surface area contributed by atoms with Gasteiger partial charge in [-0.05, 0) is 48.5 Å². The number of hydrogen-bond donors (Lipinski definition) is 4. The number of azo groups is 2. The van der Waals surface area contributed by atoms with E-state index in [1.807, 2.05) is 0 Å². The van der Waals surface area contributed by atoms with E-state index < -0.39 is 21.0 Å². The van der Waals surface area contributed by atoms with Crippen molar-refractivity contribution in [2.45, 2.75) is 4.90 Å². The van der Waals surface area contributed by atoms with Gasteiger partial charge in [-0.15, -0.1) is 5.11 Å². The van der Waals surface area contributed by atoms with Gasteiger partial charge in [0, 0.05) is 10.8 Å². The molecule has 0 atom stereocenters. The smallest absolute Gasteiger partial charge is 0.339 e. The topological polar surface area (TPSA) is 182 Å². The predicted molar refractivity (Wildman–Crippen MR) is 125 cm³/mol. The maximum atomic E-state index is 11.8. The van der Waals surface area contributed by atoms with Crippen LogP contribution in [0.2, 0.25) is 0 Å². The monoisotopic (exact) mass is 492 g/mol. The summed E-state index contributed by atoms with van der Waals surface area (Å²) >= 11 is 0. The van der Waals surface area contributed by atoms with Crippen LogP contribution < -0.4 is 0 Å². The van der Waals surface area contributed by atoms with Gasteiger partial charge in [0.15, 0.2) is 5.75 Å². The Morgan fingerprint density at radius 3 is 1.86 bits per heavy atom. The summed E-state index contributed by atoms with van der Waals surface area (Å²) in [4.78, 5) is 10.7. The number of phenols is 2. The van der Waals surface area contributed by atoms with Crippen molar-refractivity contribution in [1.82, 2.24) is 0 Å². The van der Waals surface area contributed by atoms with Crippen LogP contribution >= 0.6 is 0 Å². The van der Waals surface area contributed by atoms with Gasteiger partial charge in [0.2, 0.25) is 0 Å². The molecule has 0 fully saturated rings. The van der Waals surface area contributed by atoms with Gasteiger partial charge in [-0.2, -0.15) is 23.8 Å². The van der Waals surface area contributed by atoms with Gasteiger partial charge in [0.1, 0.15) is 21.9 Å². The summed E-state index contributed by atoms with van der Waals surface area (Å²) in [6.07, 6.45) is 0. The standard InChI is InChI=1S/C23H16N4O7S/c28-20-10-9-15(11-18(20)23(30)31)26-24-13-5-7-14(8-6-13)25-27-19-12-21(35(32,33)34)16-3-1-2-4-17(16)22(19)29/h1-12,28-29H,(H,30,31)(H,32,33,34). The Bertz CT molecular complexity index is 1620. The van der Waals surface area contributed by atoms with E-state index in [2.05, 4.69) is 20.5 Å². The third kappa shape index (κ3) is 5.13. The van der Waals surface area contributed by atoms with E-state index in [1.54, 1.807) is 36.4 Å². The first kappa shape index (κ1) is 23.5. The van der Waals surface area contributed by atoms with Crippen LogP contribution in [0.15, 0.2) is 98.1 Å². The molecule has 4 aromatic rings. The molecule has 0 spiro atoms. The minimum absolute atomic E-state index is 0.144. The lowest BCUT2D eigenvalue weighted by molar-refractivity contribution is 0.0693. The van der Waals surface area contributed by atoms with E-state index in [0.29, 0.717) is 11.4 Å². The van der Waals surface area contributed by atoms with Crippen LogP contribution in [-0.2, 0) is 10.1 Å². The van der Waals surface area contributed by atoms with Crippen molar-refractivity contribution in [3.8, 4) is 11.5 Å². The van der Waals surface area contributed by atoms with E-state index in [4.69, 9.17) is 5.11 Å². The van der Waals surface area contributed by atoms with Crippen molar-refractivity contribution in [1.29, 1.82) is 0 Å². The average molecular weight is 492 g/mol. The van der Waals surface area contributed by atoms with E-state index >= 15 is 0 Å². The van der Waals surface area contributed by atoms with Gasteiger partial charge in [-0.1, -0.05) is 24.3 Å². The van der Waals surface area contributed by atoms with Gasteiger partial charge in [0.05, 0.1) is 17.1 Å². The molecule has 4 aromatic carbocycles. The highest BCUT2D eigenvalue weighted by Gasteiger charge is 2.19. The number of hydrogen-bond acceptors (Lipinski definition) is 9. The van der Waals surface area contributed by atoms with Gasteiger partial charge < -0.3 is 15.3 Å². The van der Waals surface area contributed by atoms with Gasteiger partial charge in [-0.25, -0.2) is 4.79 Å². The summed E-state index contributed by atoms with van der Waals surface area (Å²) in [6.45, 7) is 0.